The number of aryl methyl sites for hydroxylation is 1. The van der Waals surface area contributed by atoms with Crippen molar-refractivity contribution < 1.29 is 0 Å². The van der Waals surface area contributed by atoms with E-state index in [1.54, 1.807) is 20.7 Å². The van der Waals surface area contributed by atoms with Gasteiger partial charge in [-0.25, -0.2) is 0 Å². The summed E-state index contributed by atoms with van der Waals surface area (Å²) in [6.07, 6.45) is 0. The fraction of sp³-hybridized carbons (Fsp3) is 0.0500. The van der Waals surface area contributed by atoms with Gasteiger partial charge < -0.3 is 0 Å². The molecule has 0 saturated heterocycles. The third kappa shape index (κ3) is 2.76. The fourth-order valence-corrected chi connectivity index (χ4v) is 5.67. The first-order valence-electron chi connectivity index (χ1n) is 7.42. The molecule has 1 heterocycles. The quantitative estimate of drug-likeness (QED) is 0.269. The van der Waals surface area contributed by atoms with Gasteiger partial charge in [-0.1, -0.05) is 99.1 Å². The highest BCUT2D eigenvalue weighted by Gasteiger charge is 2.13. The predicted molar refractivity (Wildman–Crippen MR) is 106 cm³/mol. The molecule has 4 aromatic rings. The zero-order chi connectivity index (χ0) is 15.8. The van der Waals surface area contributed by atoms with Crippen molar-refractivity contribution in [3.05, 3.63) is 76.1 Å². The van der Waals surface area contributed by atoms with E-state index in [0.717, 1.165) is 3.82 Å². The van der Waals surface area contributed by atoms with E-state index in [2.05, 4.69) is 73.7 Å². The van der Waals surface area contributed by atoms with E-state index in [-0.39, 0.29) is 0 Å². The lowest BCUT2D eigenvalue weighted by atomic mass is 10.00. The Labute approximate surface area is 148 Å². The molecule has 0 unspecified atom stereocenters. The van der Waals surface area contributed by atoms with E-state index in [9.17, 15) is 0 Å². The van der Waals surface area contributed by atoms with Crippen LogP contribution in [0.2, 0.25) is 0 Å². The largest absolute Gasteiger partial charge is 0.110 e. The van der Waals surface area contributed by atoms with Gasteiger partial charge in [-0.15, -0.1) is 0 Å². The third-order valence-electron chi connectivity index (χ3n) is 3.98. The highest BCUT2D eigenvalue weighted by atomic mass is 32.9. The molecule has 23 heavy (non-hydrogen) atoms. The van der Waals surface area contributed by atoms with Crippen molar-refractivity contribution in [2.75, 3.05) is 0 Å². The second-order valence-electron chi connectivity index (χ2n) is 5.59. The molecule has 0 aliphatic heterocycles. The van der Waals surface area contributed by atoms with Gasteiger partial charge in [0.2, 0.25) is 0 Å². The number of hydrogen-bond acceptors (Lipinski definition) is 3. The molecule has 0 fully saturated rings. The normalized spacial score (nSPS) is 11.0. The van der Waals surface area contributed by atoms with Gasteiger partial charge in [0.05, 0.1) is 4.88 Å². The molecule has 3 heteroatoms. The molecule has 0 bridgehead atoms. The van der Waals surface area contributed by atoms with E-state index >= 15 is 0 Å². The summed E-state index contributed by atoms with van der Waals surface area (Å²) < 4.78 is 0.973. The maximum absolute atomic E-state index is 5.63. The minimum atomic E-state index is 0.973. The van der Waals surface area contributed by atoms with E-state index in [0.29, 0.717) is 0 Å². The minimum Gasteiger partial charge on any atom is -0.0779 e. The van der Waals surface area contributed by atoms with E-state index < -0.39 is 0 Å². The average molecular weight is 351 g/mol. The number of hydrogen-bond donors (Lipinski definition) is 0. The molecule has 0 saturated carbocycles. The van der Waals surface area contributed by atoms with Gasteiger partial charge in [0.25, 0.3) is 0 Å². The molecule has 0 nitrogen and oxygen atoms in total. The van der Waals surface area contributed by atoms with Gasteiger partial charge in [-0.3, -0.25) is 0 Å². The van der Waals surface area contributed by atoms with Crippen LogP contribution in [-0.4, -0.2) is 0 Å². The first-order valence-corrected chi connectivity index (χ1v) is 9.97. The highest BCUT2D eigenvalue weighted by Crippen LogP contribution is 2.41. The Hall–Kier alpha value is -1.81. The molecular weight excluding hydrogens is 336 g/mol. The topological polar surface area (TPSA) is 0 Å². The molecule has 0 N–H and O–H groups in total. The third-order valence-corrected chi connectivity index (χ3v) is 7.05. The molecule has 1 aromatic heterocycles. The fourth-order valence-electron chi connectivity index (χ4n) is 2.75. The first kappa shape index (κ1) is 14.8. The van der Waals surface area contributed by atoms with Crippen molar-refractivity contribution >= 4 is 43.7 Å². The summed E-state index contributed by atoms with van der Waals surface area (Å²) in [6.45, 7) is 2.11. The van der Waals surface area contributed by atoms with E-state index in [4.69, 9.17) is 12.2 Å². The highest BCUT2D eigenvalue weighted by molar-refractivity contribution is 7.80. The lowest BCUT2D eigenvalue weighted by Crippen LogP contribution is -1.82. The van der Waals surface area contributed by atoms with Gasteiger partial charge in [-0.05, 0) is 34.9 Å². The van der Waals surface area contributed by atoms with Crippen LogP contribution in [0.5, 0.6) is 0 Å². The van der Waals surface area contributed by atoms with Crippen LogP contribution >= 0.6 is 32.9 Å². The Morgan fingerprint density at radius 3 is 2.22 bits per heavy atom. The second kappa shape index (κ2) is 6.00. The predicted octanol–water partition coefficient (Wildman–Crippen LogP) is 7.33. The molecule has 0 spiro atoms. The Morgan fingerprint density at radius 2 is 1.43 bits per heavy atom. The molecule has 3 aromatic carbocycles. The van der Waals surface area contributed by atoms with Crippen LogP contribution in [0.1, 0.15) is 5.56 Å². The number of rotatable bonds is 2. The lowest BCUT2D eigenvalue weighted by molar-refractivity contribution is 1.48. The van der Waals surface area contributed by atoms with Crippen molar-refractivity contribution in [3.63, 3.8) is 0 Å². The van der Waals surface area contributed by atoms with Gasteiger partial charge in [0, 0.05) is 5.56 Å². The number of fused-ring (bicyclic) bond motifs is 1. The van der Waals surface area contributed by atoms with Crippen LogP contribution in [0.15, 0.2) is 66.7 Å². The van der Waals surface area contributed by atoms with Crippen molar-refractivity contribution in [1.29, 1.82) is 0 Å². The maximum Gasteiger partial charge on any atom is 0.110 e. The zero-order valence-corrected chi connectivity index (χ0v) is 15.0. The Morgan fingerprint density at radius 1 is 0.739 bits per heavy atom. The van der Waals surface area contributed by atoms with E-state index in [1.807, 2.05) is 0 Å². The molecule has 0 radical (unpaired) electrons. The summed E-state index contributed by atoms with van der Waals surface area (Å²) in [7, 11) is 3.46. The molecule has 0 aliphatic rings. The van der Waals surface area contributed by atoms with Gasteiger partial charge in [0.15, 0.2) is 0 Å². The van der Waals surface area contributed by atoms with E-state index in [1.165, 1.54) is 37.9 Å². The molecule has 0 atom stereocenters. The standard InChI is InChI=1S/C20H14S3/c1-13-6-8-15(9-7-13)19-18(20(21)23-22-19)17-11-10-14-4-2-3-5-16(14)12-17/h2-12H,1H3. The molecule has 112 valence electrons. The van der Waals surface area contributed by atoms with Crippen LogP contribution in [0.4, 0.5) is 0 Å². The summed E-state index contributed by atoms with van der Waals surface area (Å²) in [6, 6.07) is 23.8. The van der Waals surface area contributed by atoms with Crippen LogP contribution in [0, 0.1) is 10.7 Å². The SMILES string of the molecule is Cc1ccc(-c2ssc(=S)c2-c2ccc3ccccc3c2)cc1. The Balaban J connectivity index is 1.92. The van der Waals surface area contributed by atoms with Crippen LogP contribution in [-0.2, 0) is 0 Å². The Bertz CT molecular complexity index is 1040. The zero-order valence-electron chi connectivity index (χ0n) is 12.6. The summed E-state index contributed by atoms with van der Waals surface area (Å²) in [5.74, 6) is 0. The second-order valence-corrected chi connectivity index (χ2v) is 8.40. The van der Waals surface area contributed by atoms with Crippen molar-refractivity contribution in [2.24, 2.45) is 0 Å². The molecule has 0 aliphatic carbocycles. The monoisotopic (exact) mass is 350 g/mol. The van der Waals surface area contributed by atoms with Crippen LogP contribution in [0.25, 0.3) is 32.3 Å². The van der Waals surface area contributed by atoms with Gasteiger partial charge in [-0.2, -0.15) is 0 Å². The van der Waals surface area contributed by atoms with Gasteiger partial charge in [0.1, 0.15) is 3.82 Å². The summed E-state index contributed by atoms with van der Waals surface area (Å²) >= 11 is 5.63. The summed E-state index contributed by atoms with van der Waals surface area (Å²) in [4.78, 5) is 1.27. The van der Waals surface area contributed by atoms with Crippen LogP contribution in [0.3, 0.4) is 0 Å². The summed E-state index contributed by atoms with van der Waals surface area (Å²) in [5.41, 5.74) is 4.93. The smallest absolute Gasteiger partial charge is 0.0779 e. The average Bonchev–Trinajstić information content (AvgIpc) is 2.97. The maximum atomic E-state index is 5.63. The summed E-state index contributed by atoms with van der Waals surface area (Å²) in [5, 5.41) is 2.52. The molecular formula is C20H14S3. The lowest BCUT2D eigenvalue weighted by Gasteiger charge is -2.06. The molecule has 0 amide bonds. The Kier molecular flexibility index (Phi) is 3.85. The van der Waals surface area contributed by atoms with Crippen molar-refractivity contribution in [3.8, 4) is 21.6 Å². The number of benzene rings is 3. The minimum absolute atomic E-state index is 0.973. The van der Waals surface area contributed by atoms with Crippen LogP contribution < -0.4 is 0 Å². The molecule has 4 rings (SSSR count). The van der Waals surface area contributed by atoms with Gasteiger partial charge >= 0.3 is 0 Å². The van der Waals surface area contributed by atoms with Crippen molar-refractivity contribution in [1.82, 2.24) is 0 Å². The van der Waals surface area contributed by atoms with Crippen molar-refractivity contribution in [2.45, 2.75) is 6.92 Å². The first-order chi connectivity index (χ1) is 11.2.